The number of nitrogens with zero attached hydrogens (tertiary/aromatic N) is 1. The van der Waals surface area contributed by atoms with Gasteiger partial charge in [-0.2, -0.15) is 0 Å². The fraction of sp³-hybridized carbons (Fsp3) is 0.458. The highest BCUT2D eigenvalue weighted by Gasteiger charge is 2.42. The quantitative estimate of drug-likeness (QED) is 0.674. The molecule has 4 atom stereocenters. The molecule has 2 saturated carbocycles. The van der Waals surface area contributed by atoms with Crippen molar-refractivity contribution in [2.24, 2.45) is 17.8 Å². The smallest absolute Gasteiger partial charge is 0.264 e. The van der Waals surface area contributed by atoms with Gasteiger partial charge >= 0.3 is 0 Å². The normalized spacial score (nSPS) is 23.4. The van der Waals surface area contributed by atoms with E-state index >= 15 is 0 Å². The van der Waals surface area contributed by atoms with E-state index < -0.39 is 10.0 Å². The van der Waals surface area contributed by atoms with Crippen LogP contribution in [0.2, 0.25) is 0 Å². The molecule has 7 heteroatoms. The Labute approximate surface area is 184 Å². The van der Waals surface area contributed by atoms with Gasteiger partial charge in [0.25, 0.3) is 10.0 Å². The lowest BCUT2D eigenvalue weighted by atomic mass is 9.84. The maximum Gasteiger partial charge on any atom is 0.264 e. The summed E-state index contributed by atoms with van der Waals surface area (Å²) in [5, 5.41) is 3.08. The molecule has 4 rings (SSSR count). The van der Waals surface area contributed by atoms with Crippen molar-refractivity contribution >= 4 is 21.6 Å². The molecule has 31 heavy (non-hydrogen) atoms. The minimum Gasteiger partial charge on any atom is -0.497 e. The number of hydrogen-bond donors (Lipinski definition) is 1. The van der Waals surface area contributed by atoms with Crippen LogP contribution in [0.15, 0.2) is 59.5 Å². The van der Waals surface area contributed by atoms with E-state index in [9.17, 15) is 13.2 Å². The molecule has 2 bridgehead atoms. The molecule has 2 aliphatic rings. The summed E-state index contributed by atoms with van der Waals surface area (Å²) < 4.78 is 33.1. The minimum absolute atomic E-state index is 0.0416. The molecule has 4 unspecified atom stereocenters. The van der Waals surface area contributed by atoms with Crippen LogP contribution >= 0.6 is 0 Å². The van der Waals surface area contributed by atoms with Crippen LogP contribution in [0.4, 0.5) is 5.69 Å². The number of methoxy groups -OCH3 is 1. The molecule has 0 radical (unpaired) electrons. The summed E-state index contributed by atoms with van der Waals surface area (Å²) in [7, 11) is -2.35. The lowest BCUT2D eigenvalue weighted by Gasteiger charge is -2.30. The third kappa shape index (κ3) is 4.56. The first-order chi connectivity index (χ1) is 14.9. The highest BCUT2D eigenvalue weighted by Crippen LogP contribution is 2.49. The van der Waals surface area contributed by atoms with Crippen molar-refractivity contribution in [1.82, 2.24) is 5.32 Å². The summed E-state index contributed by atoms with van der Waals surface area (Å²) in [4.78, 5) is 13.1. The van der Waals surface area contributed by atoms with E-state index in [0.717, 1.165) is 12.3 Å². The van der Waals surface area contributed by atoms with E-state index in [-0.39, 0.29) is 23.4 Å². The van der Waals surface area contributed by atoms with Crippen molar-refractivity contribution in [2.75, 3.05) is 18.0 Å². The zero-order chi connectivity index (χ0) is 22.0. The Morgan fingerprint density at radius 2 is 1.81 bits per heavy atom. The molecule has 1 N–H and O–H groups in total. The molecule has 0 saturated heterocycles. The van der Waals surface area contributed by atoms with Gasteiger partial charge in [0.1, 0.15) is 12.3 Å². The summed E-state index contributed by atoms with van der Waals surface area (Å²) in [6.07, 6.45) is 4.99. The first-order valence-electron chi connectivity index (χ1n) is 10.9. The minimum atomic E-state index is -3.90. The molecule has 2 aromatic carbocycles. The maximum atomic E-state index is 13.4. The highest BCUT2D eigenvalue weighted by molar-refractivity contribution is 7.92. The number of sulfonamides is 1. The predicted molar refractivity (Wildman–Crippen MR) is 121 cm³/mol. The van der Waals surface area contributed by atoms with Gasteiger partial charge in [0, 0.05) is 6.04 Å². The number of nitrogens with one attached hydrogen (secondary N) is 1. The Balaban J connectivity index is 1.54. The van der Waals surface area contributed by atoms with Crippen LogP contribution in [-0.4, -0.2) is 34.0 Å². The molecule has 0 spiro atoms. The molecule has 2 aromatic rings. The van der Waals surface area contributed by atoms with Crippen LogP contribution < -0.4 is 14.4 Å². The fourth-order valence-electron chi connectivity index (χ4n) is 5.23. The van der Waals surface area contributed by atoms with Gasteiger partial charge in [-0.25, -0.2) is 8.42 Å². The number of carbonyl (C=O) groups is 1. The van der Waals surface area contributed by atoms with Crippen LogP contribution in [0.25, 0.3) is 0 Å². The van der Waals surface area contributed by atoms with E-state index in [2.05, 4.69) is 5.32 Å². The van der Waals surface area contributed by atoms with Gasteiger partial charge < -0.3 is 10.1 Å². The molecule has 2 aliphatic carbocycles. The maximum absolute atomic E-state index is 13.4. The molecular formula is C24H30N2O4S. The second-order valence-corrected chi connectivity index (χ2v) is 10.6. The van der Waals surface area contributed by atoms with Crippen molar-refractivity contribution in [2.45, 2.75) is 43.5 Å². The number of fused-ring (bicyclic) bond motifs is 2. The highest BCUT2D eigenvalue weighted by atomic mass is 32.2. The van der Waals surface area contributed by atoms with Crippen LogP contribution in [0.1, 0.15) is 32.6 Å². The Morgan fingerprint density at radius 1 is 1.10 bits per heavy atom. The summed E-state index contributed by atoms with van der Waals surface area (Å²) in [6, 6.07) is 15.0. The molecule has 6 nitrogen and oxygen atoms in total. The van der Waals surface area contributed by atoms with Crippen molar-refractivity contribution in [3.8, 4) is 5.75 Å². The van der Waals surface area contributed by atoms with Gasteiger partial charge in [0.2, 0.25) is 5.91 Å². The first-order valence-corrected chi connectivity index (χ1v) is 12.3. The van der Waals surface area contributed by atoms with Gasteiger partial charge in [0.15, 0.2) is 0 Å². The number of benzene rings is 2. The first kappa shape index (κ1) is 21.7. The number of hydrogen-bond acceptors (Lipinski definition) is 4. The van der Waals surface area contributed by atoms with Gasteiger partial charge in [-0.15, -0.1) is 0 Å². The Bertz CT molecular complexity index is 1010. The number of ether oxygens (including phenoxy) is 1. The van der Waals surface area contributed by atoms with Crippen LogP contribution in [0.5, 0.6) is 5.75 Å². The second-order valence-electron chi connectivity index (χ2n) is 8.72. The van der Waals surface area contributed by atoms with E-state index in [0.29, 0.717) is 23.3 Å². The number of carbonyl (C=O) groups excluding carboxylic acids is 1. The van der Waals surface area contributed by atoms with Crippen LogP contribution in [0.3, 0.4) is 0 Å². The van der Waals surface area contributed by atoms with Gasteiger partial charge in [-0.1, -0.05) is 24.6 Å². The lowest BCUT2D eigenvalue weighted by Crippen LogP contribution is -2.46. The number of anilines is 1. The van der Waals surface area contributed by atoms with Gasteiger partial charge in [-0.05, 0) is 80.3 Å². The Hall–Kier alpha value is -2.54. The molecule has 2 fully saturated rings. The van der Waals surface area contributed by atoms with Gasteiger partial charge in [-0.3, -0.25) is 9.10 Å². The monoisotopic (exact) mass is 442 g/mol. The average Bonchev–Trinajstić information content (AvgIpc) is 3.42. The molecule has 1 amide bonds. The summed E-state index contributed by atoms with van der Waals surface area (Å²) in [6.45, 7) is 1.78. The SMILES string of the molecule is COc1ccc(N(CC(=O)NC(C)C2CC3CCC2C3)S(=O)(=O)c2ccccc2)cc1. The van der Waals surface area contributed by atoms with Crippen LogP contribution in [-0.2, 0) is 14.8 Å². The summed E-state index contributed by atoms with van der Waals surface area (Å²) >= 11 is 0. The Kier molecular flexibility index (Phi) is 6.23. The fourth-order valence-corrected chi connectivity index (χ4v) is 6.67. The van der Waals surface area contributed by atoms with Crippen LogP contribution in [0, 0.1) is 17.8 Å². The van der Waals surface area contributed by atoms with E-state index in [1.54, 1.807) is 61.7 Å². The predicted octanol–water partition coefficient (Wildman–Crippen LogP) is 3.83. The molecule has 166 valence electrons. The topological polar surface area (TPSA) is 75.7 Å². The molecule has 0 heterocycles. The zero-order valence-electron chi connectivity index (χ0n) is 18.0. The Morgan fingerprint density at radius 3 is 2.39 bits per heavy atom. The van der Waals surface area contributed by atoms with E-state index in [1.807, 2.05) is 6.92 Å². The van der Waals surface area contributed by atoms with E-state index in [4.69, 9.17) is 4.74 Å². The van der Waals surface area contributed by atoms with Gasteiger partial charge in [0.05, 0.1) is 17.7 Å². The van der Waals surface area contributed by atoms with Crippen molar-refractivity contribution in [3.63, 3.8) is 0 Å². The summed E-state index contributed by atoms with van der Waals surface area (Å²) in [5.74, 6) is 2.30. The number of rotatable bonds is 8. The molecule has 0 aliphatic heterocycles. The lowest BCUT2D eigenvalue weighted by molar-refractivity contribution is -0.120. The zero-order valence-corrected chi connectivity index (χ0v) is 18.8. The summed E-state index contributed by atoms with van der Waals surface area (Å²) in [5.41, 5.74) is 0.423. The second kappa shape index (κ2) is 8.91. The third-order valence-corrected chi connectivity index (χ3v) is 8.59. The van der Waals surface area contributed by atoms with Crippen molar-refractivity contribution in [3.05, 3.63) is 54.6 Å². The van der Waals surface area contributed by atoms with Crippen molar-refractivity contribution in [1.29, 1.82) is 0 Å². The van der Waals surface area contributed by atoms with Crippen molar-refractivity contribution < 1.29 is 17.9 Å². The largest absolute Gasteiger partial charge is 0.497 e. The van der Waals surface area contributed by atoms with E-state index in [1.165, 1.54) is 23.6 Å². The standard InChI is InChI=1S/C24H30N2O4S/c1-17(23-15-18-8-9-19(23)14-18)25-24(27)16-26(20-10-12-21(30-2)13-11-20)31(28,29)22-6-4-3-5-7-22/h3-7,10-13,17-19,23H,8-9,14-16H2,1-2H3,(H,25,27). The molecular weight excluding hydrogens is 412 g/mol. The molecule has 0 aromatic heterocycles. The average molecular weight is 443 g/mol. The number of amides is 1. The third-order valence-electron chi connectivity index (χ3n) is 6.80.